The van der Waals surface area contributed by atoms with Gasteiger partial charge < -0.3 is 5.32 Å². The van der Waals surface area contributed by atoms with Gasteiger partial charge in [0.1, 0.15) is 6.04 Å². The maximum atomic E-state index is 12.2. The number of sulfonamides is 1. The van der Waals surface area contributed by atoms with Crippen LogP contribution in [0.2, 0.25) is 0 Å². The van der Waals surface area contributed by atoms with Crippen LogP contribution < -0.4 is 5.32 Å². The van der Waals surface area contributed by atoms with Gasteiger partial charge in [0.25, 0.3) is 0 Å². The van der Waals surface area contributed by atoms with Crippen LogP contribution in [0, 0.1) is 5.92 Å². The molecule has 1 amide bonds. The topological polar surface area (TPSA) is 82.6 Å². The van der Waals surface area contributed by atoms with E-state index < -0.39 is 16.1 Å². The quantitative estimate of drug-likeness (QED) is 0.812. The molecule has 0 saturated carbocycles. The zero-order valence-electron chi connectivity index (χ0n) is 13.3. The number of carbonyl (C=O) groups is 1. The Morgan fingerprint density at radius 3 is 2.65 bits per heavy atom. The summed E-state index contributed by atoms with van der Waals surface area (Å²) in [4.78, 5) is 18.3. The van der Waals surface area contributed by atoms with Gasteiger partial charge in [-0.15, -0.1) is 0 Å². The van der Waals surface area contributed by atoms with Crippen molar-refractivity contribution in [2.75, 3.05) is 26.4 Å². The third-order valence-electron chi connectivity index (χ3n) is 4.73. The Morgan fingerprint density at radius 1 is 1.35 bits per heavy atom. The molecule has 2 aliphatic rings. The van der Waals surface area contributed by atoms with Crippen LogP contribution in [0.25, 0.3) is 0 Å². The molecule has 1 aromatic heterocycles. The summed E-state index contributed by atoms with van der Waals surface area (Å²) in [5.41, 5.74) is 1.16. The number of amides is 1. The molecule has 3 heterocycles. The molecule has 2 saturated heterocycles. The van der Waals surface area contributed by atoms with Crippen molar-refractivity contribution in [1.29, 1.82) is 0 Å². The van der Waals surface area contributed by atoms with E-state index in [0.29, 0.717) is 13.0 Å². The van der Waals surface area contributed by atoms with E-state index in [9.17, 15) is 13.2 Å². The Morgan fingerprint density at radius 2 is 2.04 bits per heavy atom. The average molecular weight is 338 g/mol. The van der Waals surface area contributed by atoms with Gasteiger partial charge in [-0.2, -0.15) is 4.31 Å². The third-order valence-corrected chi connectivity index (χ3v) is 6.02. The van der Waals surface area contributed by atoms with Gasteiger partial charge in [0, 0.05) is 45.1 Å². The van der Waals surface area contributed by atoms with Crippen molar-refractivity contribution in [3.05, 3.63) is 30.1 Å². The van der Waals surface area contributed by atoms with E-state index in [4.69, 9.17) is 0 Å². The second-order valence-corrected chi connectivity index (χ2v) is 8.22. The van der Waals surface area contributed by atoms with Crippen molar-refractivity contribution < 1.29 is 13.2 Å². The molecule has 8 heteroatoms. The Hall–Kier alpha value is -1.51. The van der Waals surface area contributed by atoms with E-state index in [0.717, 1.165) is 18.7 Å². The van der Waals surface area contributed by atoms with Gasteiger partial charge in [0.05, 0.1) is 6.26 Å². The van der Waals surface area contributed by atoms with E-state index in [1.54, 1.807) is 19.4 Å². The van der Waals surface area contributed by atoms with Crippen LogP contribution in [0.3, 0.4) is 0 Å². The molecule has 1 N–H and O–H groups in total. The number of likely N-dealkylation sites (N-methyl/N-ethyl adjacent to an activating group) is 1. The molecule has 126 valence electrons. The minimum atomic E-state index is -3.42. The Balaban J connectivity index is 1.76. The molecule has 0 radical (unpaired) electrons. The first-order chi connectivity index (χ1) is 10.9. The van der Waals surface area contributed by atoms with Gasteiger partial charge in [-0.25, -0.2) is 8.42 Å². The molecule has 0 unspecified atom stereocenters. The molecule has 2 fully saturated rings. The highest BCUT2D eigenvalue weighted by atomic mass is 32.2. The van der Waals surface area contributed by atoms with Gasteiger partial charge in [-0.05, 0) is 30.0 Å². The van der Waals surface area contributed by atoms with Crippen LogP contribution in [0.4, 0.5) is 0 Å². The van der Waals surface area contributed by atoms with Crippen LogP contribution in [0.5, 0.6) is 0 Å². The number of hydrogen-bond acceptors (Lipinski definition) is 5. The number of hydrogen-bond donors (Lipinski definition) is 1. The summed E-state index contributed by atoms with van der Waals surface area (Å²) in [7, 11) is -1.87. The van der Waals surface area contributed by atoms with Crippen molar-refractivity contribution in [2.45, 2.75) is 25.0 Å². The fourth-order valence-electron chi connectivity index (χ4n) is 3.82. The zero-order valence-corrected chi connectivity index (χ0v) is 14.2. The van der Waals surface area contributed by atoms with Gasteiger partial charge >= 0.3 is 0 Å². The number of carbonyl (C=O) groups excluding carboxylic acids is 1. The average Bonchev–Trinajstić information content (AvgIpc) is 3.03. The summed E-state index contributed by atoms with van der Waals surface area (Å²) in [6.45, 7) is 2.25. The summed E-state index contributed by atoms with van der Waals surface area (Å²) in [5, 5.41) is 2.58. The summed E-state index contributed by atoms with van der Waals surface area (Å²) in [6.07, 6.45) is 5.30. The molecule has 2 aliphatic heterocycles. The standard InChI is InChI=1S/C15H22N4O3S/c1-16-15(20)13-7-12-9-18(8-11-3-5-17-6-4-11)10-14(12)19(13)23(2,21)22/h3-6,12-14H,7-10H2,1-2H3,(H,16,20)/t12-,13-,14+/m1/s1. The van der Waals surface area contributed by atoms with E-state index in [-0.39, 0.29) is 17.9 Å². The van der Waals surface area contributed by atoms with E-state index in [1.165, 1.54) is 10.6 Å². The minimum absolute atomic E-state index is 0.117. The summed E-state index contributed by atoms with van der Waals surface area (Å²) in [5.74, 6) is -0.0145. The molecule has 1 aromatic rings. The number of nitrogens with one attached hydrogen (secondary N) is 1. The van der Waals surface area contributed by atoms with Gasteiger partial charge in [-0.3, -0.25) is 14.7 Å². The van der Waals surface area contributed by atoms with Crippen molar-refractivity contribution in [3.63, 3.8) is 0 Å². The van der Waals surface area contributed by atoms with Crippen LogP contribution in [-0.2, 0) is 21.4 Å². The maximum Gasteiger partial charge on any atom is 0.238 e. The Bertz CT molecular complexity index is 679. The molecule has 0 aromatic carbocycles. The van der Waals surface area contributed by atoms with Crippen molar-refractivity contribution in [3.8, 4) is 0 Å². The minimum Gasteiger partial charge on any atom is -0.358 e. The zero-order chi connectivity index (χ0) is 16.6. The van der Waals surface area contributed by atoms with Gasteiger partial charge in [-0.1, -0.05) is 0 Å². The number of likely N-dealkylation sites (tertiary alicyclic amines) is 1. The maximum absolute atomic E-state index is 12.2. The van der Waals surface area contributed by atoms with Crippen LogP contribution >= 0.6 is 0 Å². The van der Waals surface area contributed by atoms with Crippen molar-refractivity contribution in [2.24, 2.45) is 5.92 Å². The molecular weight excluding hydrogens is 316 g/mol. The lowest BCUT2D eigenvalue weighted by atomic mass is 10.0. The largest absolute Gasteiger partial charge is 0.358 e. The molecule has 0 aliphatic carbocycles. The molecule has 23 heavy (non-hydrogen) atoms. The SMILES string of the molecule is CNC(=O)[C@H]1C[C@@H]2CN(Cc3ccncc3)C[C@@H]2N1S(C)(=O)=O. The van der Waals surface area contributed by atoms with E-state index >= 15 is 0 Å². The van der Waals surface area contributed by atoms with Crippen molar-refractivity contribution >= 4 is 15.9 Å². The second kappa shape index (κ2) is 6.18. The predicted molar refractivity (Wildman–Crippen MR) is 85.9 cm³/mol. The van der Waals surface area contributed by atoms with E-state index in [1.807, 2.05) is 12.1 Å². The number of nitrogens with zero attached hydrogens (tertiary/aromatic N) is 3. The predicted octanol–water partition coefficient (Wildman–Crippen LogP) is -0.338. The number of pyridine rings is 1. The molecule has 3 atom stereocenters. The number of aromatic nitrogens is 1. The number of fused-ring (bicyclic) bond motifs is 1. The first kappa shape index (κ1) is 16.4. The molecular formula is C15H22N4O3S. The highest BCUT2D eigenvalue weighted by Crippen LogP contribution is 2.37. The highest BCUT2D eigenvalue weighted by Gasteiger charge is 2.52. The highest BCUT2D eigenvalue weighted by molar-refractivity contribution is 7.88. The van der Waals surface area contributed by atoms with Crippen LogP contribution in [-0.4, -0.2) is 67.0 Å². The van der Waals surface area contributed by atoms with E-state index in [2.05, 4.69) is 15.2 Å². The monoisotopic (exact) mass is 338 g/mol. The summed E-state index contributed by atoms with van der Waals surface area (Å²) in [6, 6.07) is 3.24. The van der Waals surface area contributed by atoms with Gasteiger partial charge in [0.2, 0.25) is 15.9 Å². The van der Waals surface area contributed by atoms with Crippen molar-refractivity contribution in [1.82, 2.24) is 19.5 Å². The second-order valence-electron chi connectivity index (χ2n) is 6.34. The summed E-state index contributed by atoms with van der Waals surface area (Å²) < 4.78 is 25.8. The molecule has 3 rings (SSSR count). The molecule has 0 spiro atoms. The normalized spacial score (nSPS) is 28.7. The third kappa shape index (κ3) is 3.24. The lowest BCUT2D eigenvalue weighted by Crippen LogP contribution is -2.49. The summed E-state index contributed by atoms with van der Waals surface area (Å²) >= 11 is 0. The fourth-order valence-corrected chi connectivity index (χ4v) is 5.20. The Labute approximate surface area is 136 Å². The van der Waals surface area contributed by atoms with Crippen LogP contribution in [0.15, 0.2) is 24.5 Å². The first-order valence-corrected chi connectivity index (χ1v) is 9.56. The number of rotatable bonds is 4. The lowest BCUT2D eigenvalue weighted by molar-refractivity contribution is -0.124. The lowest BCUT2D eigenvalue weighted by Gasteiger charge is -2.27. The molecule has 7 nitrogen and oxygen atoms in total. The van der Waals surface area contributed by atoms with Gasteiger partial charge in [0.15, 0.2) is 0 Å². The molecule has 0 bridgehead atoms. The fraction of sp³-hybridized carbons (Fsp3) is 0.600. The van der Waals surface area contributed by atoms with Crippen LogP contribution in [0.1, 0.15) is 12.0 Å². The Kier molecular flexibility index (Phi) is 4.39. The first-order valence-electron chi connectivity index (χ1n) is 7.71. The smallest absolute Gasteiger partial charge is 0.238 e.